The molecule has 5 nitrogen and oxygen atoms in total. The molecule has 2 N–H and O–H groups in total. The maximum atomic E-state index is 4.61. The first-order chi connectivity index (χ1) is 12.7. The monoisotopic (exact) mass is 481 g/mol. The fourth-order valence-electron chi connectivity index (χ4n) is 2.64. The lowest BCUT2D eigenvalue weighted by Gasteiger charge is -2.25. The summed E-state index contributed by atoms with van der Waals surface area (Å²) in [6.45, 7) is 7.62. The molecule has 1 heterocycles. The molecule has 0 amide bonds. The van der Waals surface area contributed by atoms with Crippen molar-refractivity contribution in [2.75, 3.05) is 20.1 Å². The number of aliphatic imine (C=N–C) groups is 1. The first-order valence-electron chi connectivity index (χ1n) is 9.35. The van der Waals surface area contributed by atoms with Gasteiger partial charge in [-0.3, -0.25) is 9.88 Å². The zero-order valence-corrected chi connectivity index (χ0v) is 18.9. The average molecular weight is 481 g/mol. The summed E-state index contributed by atoms with van der Waals surface area (Å²) in [4.78, 5) is 11.3. The molecule has 2 aromatic rings. The van der Waals surface area contributed by atoms with E-state index in [0.717, 1.165) is 37.7 Å². The van der Waals surface area contributed by atoms with Crippen LogP contribution in [0, 0.1) is 0 Å². The molecule has 0 radical (unpaired) electrons. The van der Waals surface area contributed by atoms with E-state index in [4.69, 9.17) is 0 Å². The molecule has 2 rings (SSSR count). The number of nitrogens with one attached hydrogen (secondary N) is 2. The van der Waals surface area contributed by atoms with Gasteiger partial charge in [0.1, 0.15) is 0 Å². The Balaban J connectivity index is 0.00000364. The third kappa shape index (κ3) is 9.19. The molecule has 1 atom stereocenters. The third-order valence-electron chi connectivity index (χ3n) is 4.35. The molecule has 0 fully saturated rings. The fourth-order valence-corrected chi connectivity index (χ4v) is 2.64. The minimum Gasteiger partial charge on any atom is -0.357 e. The summed E-state index contributed by atoms with van der Waals surface area (Å²) in [6, 6.07) is 17.0. The van der Waals surface area contributed by atoms with Crippen LogP contribution in [0.3, 0.4) is 0 Å². The molecule has 1 unspecified atom stereocenters. The van der Waals surface area contributed by atoms with E-state index in [1.165, 1.54) is 5.56 Å². The minimum absolute atomic E-state index is 0. The van der Waals surface area contributed by atoms with Gasteiger partial charge in [-0.1, -0.05) is 36.4 Å². The van der Waals surface area contributed by atoms with Crippen molar-refractivity contribution in [3.8, 4) is 0 Å². The highest BCUT2D eigenvalue weighted by Crippen LogP contribution is 2.07. The van der Waals surface area contributed by atoms with Crippen LogP contribution in [0.2, 0.25) is 0 Å². The molecule has 0 spiro atoms. The van der Waals surface area contributed by atoms with Crippen LogP contribution in [0.4, 0.5) is 0 Å². The SMILES string of the molecule is CCNC(=NCc1ccccn1)NCCC(C)N(C)Cc1ccccc1.I. The molecule has 148 valence electrons. The van der Waals surface area contributed by atoms with Crippen LogP contribution in [0.15, 0.2) is 59.7 Å². The number of hydrogen-bond acceptors (Lipinski definition) is 3. The van der Waals surface area contributed by atoms with Crippen molar-refractivity contribution in [1.82, 2.24) is 20.5 Å². The first-order valence-corrected chi connectivity index (χ1v) is 9.35. The highest BCUT2D eigenvalue weighted by Gasteiger charge is 2.09. The molecule has 0 aliphatic rings. The third-order valence-corrected chi connectivity index (χ3v) is 4.35. The summed E-state index contributed by atoms with van der Waals surface area (Å²) in [5.74, 6) is 0.844. The van der Waals surface area contributed by atoms with Gasteiger partial charge >= 0.3 is 0 Å². The lowest BCUT2D eigenvalue weighted by molar-refractivity contribution is 0.238. The van der Waals surface area contributed by atoms with Crippen molar-refractivity contribution in [2.24, 2.45) is 4.99 Å². The van der Waals surface area contributed by atoms with E-state index in [0.29, 0.717) is 12.6 Å². The minimum atomic E-state index is 0. The molecule has 0 aliphatic heterocycles. The number of halogens is 1. The van der Waals surface area contributed by atoms with E-state index in [-0.39, 0.29) is 24.0 Å². The second kappa shape index (κ2) is 13.5. The topological polar surface area (TPSA) is 52.6 Å². The van der Waals surface area contributed by atoms with Crippen molar-refractivity contribution in [2.45, 2.75) is 39.4 Å². The number of guanidine groups is 1. The van der Waals surface area contributed by atoms with Crippen LogP contribution in [0.5, 0.6) is 0 Å². The average Bonchev–Trinajstić information content (AvgIpc) is 2.67. The van der Waals surface area contributed by atoms with Crippen molar-refractivity contribution in [3.63, 3.8) is 0 Å². The van der Waals surface area contributed by atoms with E-state index in [1.807, 2.05) is 18.2 Å². The van der Waals surface area contributed by atoms with E-state index < -0.39 is 0 Å². The Morgan fingerprint density at radius 1 is 1.11 bits per heavy atom. The Hall–Kier alpha value is -1.67. The van der Waals surface area contributed by atoms with E-state index in [2.05, 4.69) is 76.7 Å². The molecular formula is C21H32IN5. The van der Waals surface area contributed by atoms with Gasteiger partial charge in [0.25, 0.3) is 0 Å². The van der Waals surface area contributed by atoms with Crippen LogP contribution in [0.25, 0.3) is 0 Å². The van der Waals surface area contributed by atoms with Gasteiger partial charge in [-0.05, 0) is 45.0 Å². The molecule has 0 aliphatic carbocycles. The zero-order valence-electron chi connectivity index (χ0n) is 16.6. The summed E-state index contributed by atoms with van der Waals surface area (Å²) >= 11 is 0. The molecule has 1 aromatic carbocycles. The Bertz CT molecular complexity index is 648. The Morgan fingerprint density at radius 3 is 2.52 bits per heavy atom. The quantitative estimate of drug-likeness (QED) is 0.326. The number of hydrogen-bond donors (Lipinski definition) is 2. The van der Waals surface area contributed by atoms with Crippen LogP contribution in [0.1, 0.15) is 31.5 Å². The van der Waals surface area contributed by atoms with Gasteiger partial charge in [0.05, 0.1) is 12.2 Å². The Morgan fingerprint density at radius 2 is 1.85 bits per heavy atom. The lowest BCUT2D eigenvalue weighted by atomic mass is 10.1. The maximum Gasteiger partial charge on any atom is 0.191 e. The van der Waals surface area contributed by atoms with Gasteiger partial charge in [0.15, 0.2) is 5.96 Å². The molecule has 27 heavy (non-hydrogen) atoms. The van der Waals surface area contributed by atoms with E-state index in [1.54, 1.807) is 6.20 Å². The number of rotatable bonds is 9. The molecular weight excluding hydrogens is 449 g/mol. The Labute approximate surface area is 180 Å². The van der Waals surface area contributed by atoms with Crippen molar-refractivity contribution < 1.29 is 0 Å². The predicted molar refractivity (Wildman–Crippen MR) is 124 cm³/mol. The highest BCUT2D eigenvalue weighted by atomic mass is 127. The predicted octanol–water partition coefficient (Wildman–Crippen LogP) is 3.67. The van der Waals surface area contributed by atoms with Gasteiger partial charge in [-0.25, -0.2) is 4.99 Å². The summed E-state index contributed by atoms with van der Waals surface area (Å²) in [5, 5.41) is 6.72. The van der Waals surface area contributed by atoms with Crippen LogP contribution < -0.4 is 10.6 Å². The second-order valence-electron chi connectivity index (χ2n) is 6.48. The van der Waals surface area contributed by atoms with E-state index in [9.17, 15) is 0 Å². The van der Waals surface area contributed by atoms with Crippen molar-refractivity contribution in [3.05, 3.63) is 66.0 Å². The summed E-state index contributed by atoms with van der Waals surface area (Å²) in [5.41, 5.74) is 2.32. The number of aromatic nitrogens is 1. The fraction of sp³-hybridized carbons (Fsp3) is 0.429. The highest BCUT2D eigenvalue weighted by molar-refractivity contribution is 14.0. The molecule has 0 saturated heterocycles. The summed E-state index contributed by atoms with van der Waals surface area (Å²) in [6.07, 6.45) is 2.85. The number of pyridine rings is 1. The Kier molecular flexibility index (Phi) is 11.7. The molecule has 6 heteroatoms. The summed E-state index contributed by atoms with van der Waals surface area (Å²) in [7, 11) is 2.18. The maximum absolute atomic E-state index is 4.61. The van der Waals surface area contributed by atoms with Gasteiger partial charge < -0.3 is 10.6 Å². The van der Waals surface area contributed by atoms with Gasteiger partial charge in [0.2, 0.25) is 0 Å². The smallest absolute Gasteiger partial charge is 0.191 e. The largest absolute Gasteiger partial charge is 0.357 e. The van der Waals surface area contributed by atoms with Crippen LogP contribution >= 0.6 is 24.0 Å². The molecule has 1 aromatic heterocycles. The lowest BCUT2D eigenvalue weighted by Crippen LogP contribution is -2.40. The van der Waals surface area contributed by atoms with Crippen LogP contribution in [-0.4, -0.2) is 42.0 Å². The van der Waals surface area contributed by atoms with Crippen LogP contribution in [-0.2, 0) is 13.1 Å². The van der Waals surface area contributed by atoms with Crippen molar-refractivity contribution in [1.29, 1.82) is 0 Å². The summed E-state index contributed by atoms with van der Waals surface area (Å²) < 4.78 is 0. The number of nitrogens with zero attached hydrogens (tertiary/aromatic N) is 3. The van der Waals surface area contributed by atoms with Crippen molar-refractivity contribution >= 4 is 29.9 Å². The van der Waals surface area contributed by atoms with Gasteiger partial charge in [0, 0.05) is 31.9 Å². The van der Waals surface area contributed by atoms with Gasteiger partial charge in [-0.15, -0.1) is 24.0 Å². The second-order valence-corrected chi connectivity index (χ2v) is 6.48. The normalized spacial score (nSPS) is 12.4. The standard InChI is InChI=1S/C21H31N5.HI/c1-4-22-21(25-16-20-12-8-9-14-23-20)24-15-13-18(2)26(3)17-19-10-6-5-7-11-19;/h5-12,14,18H,4,13,15-17H2,1-3H3,(H2,22,24,25);1H. The number of benzene rings is 1. The van der Waals surface area contributed by atoms with E-state index >= 15 is 0 Å². The zero-order chi connectivity index (χ0) is 18.6. The van der Waals surface area contributed by atoms with Gasteiger partial charge in [-0.2, -0.15) is 0 Å². The molecule has 0 saturated carbocycles. The molecule has 0 bridgehead atoms. The first kappa shape index (κ1) is 23.4.